The number of aryl methyl sites for hydroxylation is 1. The Balaban J connectivity index is 2.06. The zero-order chi connectivity index (χ0) is 23.2. The van der Waals surface area contributed by atoms with E-state index < -0.39 is 27.2 Å². The van der Waals surface area contributed by atoms with Crippen LogP contribution in [-0.2, 0) is 16.6 Å². The number of pyridine rings is 1. The predicted octanol–water partition coefficient (Wildman–Crippen LogP) is 2.21. The number of anilines is 1. The van der Waals surface area contributed by atoms with Crippen LogP contribution in [0.5, 0.6) is 5.75 Å². The van der Waals surface area contributed by atoms with E-state index in [1.54, 1.807) is 18.2 Å². The van der Waals surface area contributed by atoms with Gasteiger partial charge < -0.3 is 20.7 Å². The highest BCUT2D eigenvalue weighted by Gasteiger charge is 2.30. The first-order valence-electron chi connectivity index (χ1n) is 9.93. The molecule has 9 nitrogen and oxygen atoms in total. The minimum atomic E-state index is -4.12. The standard InChI is InChI=1S/C22H21N4O5S/c1-12(2)10-11-26-15-8-5-6-13(20(23)28)17(15)19(27)18(22(26)29)21-24-14-7-3-4-9-16(14)32(30,31)25-21/h3-5,7-9,12,27H,10-11H2,1-2H3,(H2,23,28)(H,24,25). The Labute approximate surface area is 184 Å². The Morgan fingerprint density at radius 1 is 1.28 bits per heavy atom. The lowest BCUT2D eigenvalue weighted by Crippen LogP contribution is -2.33. The highest BCUT2D eigenvalue weighted by Crippen LogP contribution is 2.33. The van der Waals surface area contributed by atoms with Gasteiger partial charge in [0.1, 0.15) is 16.2 Å². The third-order valence-electron chi connectivity index (χ3n) is 5.24. The molecule has 2 heterocycles. The van der Waals surface area contributed by atoms with Crippen molar-refractivity contribution < 1.29 is 18.3 Å². The van der Waals surface area contributed by atoms with Crippen molar-refractivity contribution in [3.63, 3.8) is 0 Å². The number of carbonyl (C=O) groups excluding carboxylic acids is 1. The largest absolute Gasteiger partial charge is 0.506 e. The van der Waals surface area contributed by atoms with Gasteiger partial charge in [0.25, 0.3) is 15.6 Å². The summed E-state index contributed by atoms with van der Waals surface area (Å²) in [6.45, 7) is 4.26. The van der Waals surface area contributed by atoms with Crippen molar-refractivity contribution in [3.05, 3.63) is 63.9 Å². The number of hydrogen-bond donors (Lipinski definition) is 3. The van der Waals surface area contributed by atoms with Crippen LogP contribution in [0, 0.1) is 12.0 Å². The number of rotatable bonds is 5. The lowest BCUT2D eigenvalue weighted by molar-refractivity contribution is 0.100. The van der Waals surface area contributed by atoms with E-state index in [0.717, 1.165) is 0 Å². The maximum absolute atomic E-state index is 13.5. The third-order valence-corrected chi connectivity index (χ3v) is 6.58. The Morgan fingerprint density at radius 2 is 2.00 bits per heavy atom. The summed E-state index contributed by atoms with van der Waals surface area (Å²) in [6, 6.07) is 11.8. The van der Waals surface area contributed by atoms with Crippen LogP contribution in [0.2, 0.25) is 0 Å². The van der Waals surface area contributed by atoms with Crippen LogP contribution in [-0.4, -0.2) is 29.8 Å². The first-order valence-corrected chi connectivity index (χ1v) is 11.4. The molecule has 3 aromatic rings. The van der Waals surface area contributed by atoms with Gasteiger partial charge in [-0.05, 0) is 36.6 Å². The molecule has 0 bridgehead atoms. The summed E-state index contributed by atoms with van der Waals surface area (Å²) in [6.07, 6.45) is 0.630. The van der Waals surface area contributed by atoms with Crippen molar-refractivity contribution in [3.8, 4) is 5.75 Å². The molecule has 10 heteroatoms. The van der Waals surface area contributed by atoms with Crippen LogP contribution >= 0.6 is 0 Å². The van der Waals surface area contributed by atoms with Gasteiger partial charge in [-0.25, -0.2) is 0 Å². The summed E-state index contributed by atoms with van der Waals surface area (Å²) in [5, 5.41) is 13.9. The van der Waals surface area contributed by atoms with Crippen molar-refractivity contribution >= 4 is 38.4 Å². The first kappa shape index (κ1) is 21.6. The fourth-order valence-electron chi connectivity index (χ4n) is 3.66. The molecule has 2 aromatic carbocycles. The van der Waals surface area contributed by atoms with Gasteiger partial charge in [0.15, 0.2) is 5.84 Å². The first-order chi connectivity index (χ1) is 15.1. The summed E-state index contributed by atoms with van der Waals surface area (Å²) in [5.74, 6) is -1.50. The second-order valence-electron chi connectivity index (χ2n) is 7.88. The Morgan fingerprint density at radius 3 is 2.69 bits per heavy atom. The molecule has 165 valence electrons. The molecular formula is C22H21N4O5S. The lowest BCUT2D eigenvalue weighted by atomic mass is 10.0. The third kappa shape index (κ3) is 3.52. The monoisotopic (exact) mass is 453 g/mol. The molecule has 0 spiro atoms. The van der Waals surface area contributed by atoms with Crippen LogP contribution in [0.15, 0.2) is 50.5 Å². The Bertz CT molecular complexity index is 1460. The van der Waals surface area contributed by atoms with Gasteiger partial charge in [0, 0.05) is 6.54 Å². The molecule has 1 radical (unpaired) electrons. The number of amides is 1. The number of benzene rings is 2. The quantitative estimate of drug-likeness (QED) is 0.540. The number of nitrogens with one attached hydrogen (secondary N) is 1. The van der Waals surface area contributed by atoms with Crippen LogP contribution in [0.4, 0.5) is 5.69 Å². The molecule has 32 heavy (non-hydrogen) atoms. The SMILES string of the molecule is CC(C)CCn1c(=O)c(C2=NS(=O)(=O)c3ccccc3N2)c(O)c2c(C(N)=O)[c]ccc21. The number of hydrogen-bond acceptors (Lipinski definition) is 6. The fourth-order valence-corrected chi connectivity index (χ4v) is 4.79. The molecule has 4 N–H and O–H groups in total. The lowest BCUT2D eigenvalue weighted by Gasteiger charge is -2.21. The van der Waals surface area contributed by atoms with Gasteiger partial charge in [-0.2, -0.15) is 8.42 Å². The summed E-state index contributed by atoms with van der Waals surface area (Å²) < 4.78 is 30.6. The maximum Gasteiger partial charge on any atom is 0.286 e. The molecule has 0 saturated heterocycles. The van der Waals surface area contributed by atoms with Gasteiger partial charge in [-0.3, -0.25) is 9.59 Å². The average Bonchev–Trinajstić information content (AvgIpc) is 2.72. The van der Waals surface area contributed by atoms with Crippen molar-refractivity contribution in [2.75, 3.05) is 5.32 Å². The molecule has 0 unspecified atom stereocenters. The molecule has 4 rings (SSSR count). The number of para-hydroxylation sites is 1. The van der Waals surface area contributed by atoms with E-state index in [0.29, 0.717) is 11.9 Å². The average molecular weight is 454 g/mol. The van der Waals surface area contributed by atoms with Crippen LogP contribution < -0.4 is 16.6 Å². The van der Waals surface area contributed by atoms with E-state index in [1.165, 1.54) is 22.8 Å². The highest BCUT2D eigenvalue weighted by atomic mass is 32.2. The molecule has 0 fully saturated rings. The van der Waals surface area contributed by atoms with E-state index in [-0.39, 0.29) is 45.4 Å². The van der Waals surface area contributed by atoms with Crippen LogP contribution in [0.3, 0.4) is 0 Å². The van der Waals surface area contributed by atoms with Crippen molar-refractivity contribution in [1.82, 2.24) is 4.57 Å². The van der Waals surface area contributed by atoms with E-state index in [9.17, 15) is 23.1 Å². The summed E-state index contributed by atoms with van der Waals surface area (Å²) in [4.78, 5) is 25.5. The van der Waals surface area contributed by atoms with Crippen molar-refractivity contribution in [2.24, 2.45) is 16.0 Å². The van der Waals surface area contributed by atoms with Gasteiger partial charge in [-0.15, -0.1) is 4.40 Å². The number of sulfonamides is 1. The fraction of sp³-hybridized carbons (Fsp3) is 0.227. The van der Waals surface area contributed by atoms with E-state index in [1.807, 2.05) is 13.8 Å². The minimum Gasteiger partial charge on any atom is -0.506 e. The molecule has 0 aliphatic carbocycles. The summed E-state index contributed by atoms with van der Waals surface area (Å²) >= 11 is 0. The number of amidine groups is 1. The van der Waals surface area contributed by atoms with E-state index in [4.69, 9.17) is 5.73 Å². The number of carbonyl (C=O) groups is 1. The number of primary amides is 1. The Kier molecular flexibility index (Phi) is 5.25. The molecule has 1 aliphatic heterocycles. The molecule has 1 amide bonds. The second kappa shape index (κ2) is 7.79. The summed E-state index contributed by atoms with van der Waals surface area (Å²) in [7, 11) is -4.12. The second-order valence-corrected chi connectivity index (χ2v) is 9.45. The van der Waals surface area contributed by atoms with Gasteiger partial charge in [-0.1, -0.05) is 32.0 Å². The molecule has 1 aromatic heterocycles. The van der Waals surface area contributed by atoms with Crippen molar-refractivity contribution in [1.29, 1.82) is 0 Å². The van der Waals surface area contributed by atoms with Gasteiger partial charge in [0.2, 0.25) is 5.91 Å². The van der Waals surface area contributed by atoms with Crippen LogP contribution in [0.1, 0.15) is 36.2 Å². The molecule has 0 atom stereocenters. The molecular weight excluding hydrogens is 432 g/mol. The van der Waals surface area contributed by atoms with Gasteiger partial charge >= 0.3 is 0 Å². The number of aromatic nitrogens is 1. The predicted molar refractivity (Wildman–Crippen MR) is 120 cm³/mol. The van der Waals surface area contributed by atoms with Crippen molar-refractivity contribution in [2.45, 2.75) is 31.7 Å². The number of nitrogens with two attached hydrogens (primary N) is 1. The highest BCUT2D eigenvalue weighted by molar-refractivity contribution is 7.90. The minimum absolute atomic E-state index is 0.0131. The van der Waals surface area contributed by atoms with E-state index in [2.05, 4.69) is 15.8 Å². The Hall–Kier alpha value is -3.66. The number of aromatic hydroxyl groups is 1. The number of fused-ring (bicyclic) bond motifs is 2. The maximum atomic E-state index is 13.5. The molecule has 1 aliphatic rings. The zero-order valence-electron chi connectivity index (χ0n) is 17.4. The topological polar surface area (TPSA) is 144 Å². The zero-order valence-corrected chi connectivity index (χ0v) is 18.2. The summed E-state index contributed by atoms with van der Waals surface area (Å²) in [5.41, 5.74) is 4.89. The van der Waals surface area contributed by atoms with Crippen LogP contribution in [0.25, 0.3) is 10.9 Å². The smallest absolute Gasteiger partial charge is 0.286 e. The number of nitrogens with zero attached hydrogens (tertiary/aromatic N) is 2. The molecule has 0 saturated carbocycles. The van der Waals surface area contributed by atoms with Gasteiger partial charge in [0.05, 0.1) is 22.2 Å². The van der Waals surface area contributed by atoms with E-state index >= 15 is 0 Å². The normalized spacial score (nSPS) is 14.7.